The molecule has 1 atom stereocenters. The van der Waals surface area contributed by atoms with Crippen LogP contribution in [0.2, 0.25) is 0 Å². The maximum absolute atomic E-state index is 12.9. The fourth-order valence-electron chi connectivity index (χ4n) is 3.21. The van der Waals surface area contributed by atoms with E-state index in [1.165, 1.54) is 0 Å². The Balaban J connectivity index is 1.65. The second-order valence-corrected chi connectivity index (χ2v) is 6.69. The third-order valence-corrected chi connectivity index (χ3v) is 4.67. The van der Waals surface area contributed by atoms with Crippen molar-refractivity contribution in [1.82, 2.24) is 20.0 Å². The molecule has 3 rings (SSSR count). The average molecular weight is 355 g/mol. The number of aromatic nitrogens is 2. The number of hydrogen-bond donors (Lipinski definition) is 1. The van der Waals surface area contributed by atoms with E-state index in [0.29, 0.717) is 18.7 Å². The summed E-state index contributed by atoms with van der Waals surface area (Å²) in [6, 6.07) is 9.49. The molecule has 1 aliphatic heterocycles. The Morgan fingerprint density at radius 3 is 2.69 bits per heavy atom. The lowest BCUT2D eigenvalue weighted by Gasteiger charge is -2.29. The van der Waals surface area contributed by atoms with Crippen LogP contribution in [-0.4, -0.2) is 52.8 Å². The first-order valence-electron chi connectivity index (χ1n) is 8.92. The molecule has 3 amide bonds. The van der Waals surface area contributed by atoms with Crippen molar-refractivity contribution < 1.29 is 9.59 Å². The van der Waals surface area contributed by atoms with Gasteiger partial charge in [0.2, 0.25) is 0 Å². The number of nitrogens with one attached hydrogen (secondary N) is 1. The van der Waals surface area contributed by atoms with Gasteiger partial charge in [0.15, 0.2) is 0 Å². The summed E-state index contributed by atoms with van der Waals surface area (Å²) in [5.74, 6) is -0.145. The average Bonchev–Trinajstić information content (AvgIpc) is 2.96. The second-order valence-electron chi connectivity index (χ2n) is 6.69. The number of carbonyl (C=O) groups is 2. The van der Waals surface area contributed by atoms with E-state index < -0.39 is 0 Å². The van der Waals surface area contributed by atoms with Gasteiger partial charge in [-0.15, -0.1) is 0 Å². The molecule has 138 valence electrons. The number of para-hydroxylation sites is 1. The van der Waals surface area contributed by atoms with Crippen molar-refractivity contribution in [2.24, 2.45) is 7.05 Å². The Labute approximate surface area is 153 Å². The molecule has 7 heteroatoms. The lowest BCUT2D eigenvalue weighted by atomic mass is 10.1. The zero-order chi connectivity index (χ0) is 18.5. The molecule has 0 spiro atoms. The first-order valence-corrected chi connectivity index (χ1v) is 8.92. The quantitative estimate of drug-likeness (QED) is 0.918. The Morgan fingerprint density at radius 2 is 2.00 bits per heavy atom. The van der Waals surface area contributed by atoms with E-state index in [2.05, 4.69) is 10.4 Å². The smallest absolute Gasteiger partial charge is 0.324 e. The number of carbonyl (C=O) groups excluding carboxylic acids is 2. The molecule has 1 aromatic carbocycles. The van der Waals surface area contributed by atoms with Gasteiger partial charge in [0, 0.05) is 45.1 Å². The number of amides is 3. The van der Waals surface area contributed by atoms with Gasteiger partial charge in [-0.05, 0) is 31.4 Å². The molecule has 0 radical (unpaired) electrons. The number of nitrogens with zero attached hydrogens (tertiary/aromatic N) is 4. The lowest BCUT2D eigenvalue weighted by molar-refractivity contribution is 0.0928. The van der Waals surface area contributed by atoms with Crippen LogP contribution in [0.1, 0.15) is 29.6 Å². The van der Waals surface area contributed by atoms with Crippen molar-refractivity contribution in [3.8, 4) is 0 Å². The van der Waals surface area contributed by atoms with Gasteiger partial charge < -0.3 is 10.2 Å². The zero-order valence-electron chi connectivity index (χ0n) is 15.3. The highest BCUT2D eigenvalue weighted by Gasteiger charge is 2.26. The molecule has 2 aromatic rings. The number of hydrogen-bond acceptors (Lipinski definition) is 3. The van der Waals surface area contributed by atoms with E-state index in [9.17, 15) is 9.59 Å². The minimum atomic E-state index is -0.145. The number of likely N-dealkylation sites (tertiary alicyclic amines) is 1. The van der Waals surface area contributed by atoms with Gasteiger partial charge in [-0.2, -0.15) is 5.10 Å². The van der Waals surface area contributed by atoms with Crippen LogP contribution < -0.4 is 10.2 Å². The van der Waals surface area contributed by atoms with Crippen LogP contribution >= 0.6 is 0 Å². The Kier molecular flexibility index (Phi) is 5.55. The van der Waals surface area contributed by atoms with Crippen LogP contribution in [-0.2, 0) is 7.05 Å². The summed E-state index contributed by atoms with van der Waals surface area (Å²) < 4.78 is 1.60. The molecular formula is C19H25N5O2. The van der Waals surface area contributed by atoms with Crippen molar-refractivity contribution >= 4 is 17.6 Å². The minimum absolute atomic E-state index is 0.0428. The van der Waals surface area contributed by atoms with Gasteiger partial charge in [0.25, 0.3) is 5.91 Å². The molecule has 0 bridgehead atoms. The standard InChI is InChI=1S/C19H25N5O2/c1-22-13-15(12-20-22)18(25)21-16-8-6-7-11-24(14-16)19(26)23(2)17-9-4-3-5-10-17/h3-5,9-10,12-13,16H,6-8,11,14H2,1-2H3,(H,21,25). The third-order valence-electron chi connectivity index (χ3n) is 4.67. The fraction of sp³-hybridized carbons (Fsp3) is 0.421. The highest BCUT2D eigenvalue weighted by atomic mass is 16.2. The number of urea groups is 1. The maximum Gasteiger partial charge on any atom is 0.324 e. The highest BCUT2D eigenvalue weighted by molar-refractivity contribution is 5.94. The van der Waals surface area contributed by atoms with E-state index in [0.717, 1.165) is 24.9 Å². The molecule has 1 aromatic heterocycles. The molecule has 1 fully saturated rings. The first-order chi connectivity index (χ1) is 12.5. The molecule has 1 N–H and O–H groups in total. The van der Waals surface area contributed by atoms with Gasteiger partial charge in [0.05, 0.1) is 11.8 Å². The van der Waals surface area contributed by atoms with Gasteiger partial charge in [-0.25, -0.2) is 4.79 Å². The van der Waals surface area contributed by atoms with Crippen LogP contribution in [0.3, 0.4) is 0 Å². The topological polar surface area (TPSA) is 70.5 Å². The summed E-state index contributed by atoms with van der Waals surface area (Å²) in [6.45, 7) is 1.22. The minimum Gasteiger partial charge on any atom is -0.347 e. The number of anilines is 1. The largest absolute Gasteiger partial charge is 0.347 e. The van der Waals surface area contributed by atoms with Crippen LogP contribution in [0.4, 0.5) is 10.5 Å². The molecule has 0 aliphatic carbocycles. The SMILES string of the molecule is CN(C(=O)N1CCCCC(NC(=O)c2cnn(C)c2)C1)c1ccccc1. The van der Waals surface area contributed by atoms with Crippen molar-refractivity contribution in [2.75, 3.05) is 25.0 Å². The van der Waals surface area contributed by atoms with Gasteiger partial charge in [0.1, 0.15) is 0 Å². The summed E-state index contributed by atoms with van der Waals surface area (Å²) in [5.41, 5.74) is 1.40. The van der Waals surface area contributed by atoms with Crippen LogP contribution in [0.15, 0.2) is 42.7 Å². The fourth-order valence-corrected chi connectivity index (χ4v) is 3.21. The zero-order valence-corrected chi connectivity index (χ0v) is 15.3. The maximum atomic E-state index is 12.9. The van der Waals surface area contributed by atoms with Crippen molar-refractivity contribution in [3.05, 3.63) is 48.3 Å². The first kappa shape index (κ1) is 18.0. The third kappa shape index (κ3) is 4.22. The van der Waals surface area contributed by atoms with E-state index in [4.69, 9.17) is 0 Å². The summed E-state index contributed by atoms with van der Waals surface area (Å²) >= 11 is 0. The normalized spacial score (nSPS) is 17.5. The predicted octanol–water partition coefficient (Wildman–Crippen LogP) is 2.26. The molecule has 1 unspecified atom stereocenters. The number of rotatable bonds is 3. The Morgan fingerprint density at radius 1 is 1.23 bits per heavy atom. The van der Waals surface area contributed by atoms with Gasteiger partial charge in [-0.3, -0.25) is 14.4 Å². The summed E-state index contributed by atoms with van der Waals surface area (Å²) in [5, 5.41) is 7.08. The Bertz CT molecular complexity index is 758. The highest BCUT2D eigenvalue weighted by Crippen LogP contribution is 2.17. The van der Waals surface area contributed by atoms with Crippen LogP contribution in [0.5, 0.6) is 0 Å². The predicted molar refractivity (Wildman–Crippen MR) is 100 cm³/mol. The Hall–Kier alpha value is -2.83. The molecule has 26 heavy (non-hydrogen) atoms. The van der Waals surface area contributed by atoms with E-state index in [1.807, 2.05) is 35.2 Å². The molecule has 2 heterocycles. The van der Waals surface area contributed by atoms with Gasteiger partial charge in [-0.1, -0.05) is 18.2 Å². The van der Waals surface area contributed by atoms with Crippen molar-refractivity contribution in [1.29, 1.82) is 0 Å². The molecular weight excluding hydrogens is 330 g/mol. The molecule has 7 nitrogen and oxygen atoms in total. The summed E-state index contributed by atoms with van der Waals surface area (Å²) in [4.78, 5) is 28.8. The van der Waals surface area contributed by atoms with Crippen molar-refractivity contribution in [2.45, 2.75) is 25.3 Å². The number of aryl methyl sites for hydroxylation is 1. The monoisotopic (exact) mass is 355 g/mol. The molecule has 1 saturated heterocycles. The summed E-state index contributed by atoms with van der Waals surface area (Å²) in [6.07, 6.45) is 6.03. The van der Waals surface area contributed by atoms with Crippen LogP contribution in [0.25, 0.3) is 0 Å². The van der Waals surface area contributed by atoms with Gasteiger partial charge >= 0.3 is 6.03 Å². The van der Waals surface area contributed by atoms with Crippen LogP contribution in [0, 0.1) is 0 Å². The van der Waals surface area contributed by atoms with E-state index in [1.54, 1.807) is 36.1 Å². The van der Waals surface area contributed by atoms with Crippen molar-refractivity contribution in [3.63, 3.8) is 0 Å². The molecule has 0 saturated carbocycles. The lowest BCUT2D eigenvalue weighted by Crippen LogP contribution is -2.48. The second kappa shape index (κ2) is 8.03. The summed E-state index contributed by atoms with van der Waals surface area (Å²) in [7, 11) is 3.56. The van der Waals surface area contributed by atoms with E-state index >= 15 is 0 Å². The molecule has 1 aliphatic rings. The number of benzene rings is 1. The van der Waals surface area contributed by atoms with E-state index in [-0.39, 0.29) is 18.0 Å².